The van der Waals surface area contributed by atoms with Crippen LogP contribution in [0.5, 0.6) is 0 Å². The van der Waals surface area contributed by atoms with Crippen molar-refractivity contribution >= 4 is 6.09 Å². The van der Waals surface area contributed by atoms with Crippen LogP contribution in [0.2, 0.25) is 0 Å². The second-order valence-corrected chi connectivity index (χ2v) is 8.31. The van der Waals surface area contributed by atoms with E-state index in [1.807, 2.05) is 31.7 Å². The van der Waals surface area contributed by atoms with Gasteiger partial charge in [0.25, 0.3) is 0 Å². The molecule has 4 heteroatoms. The number of hydrogen-bond donors (Lipinski definition) is 1. The Hall–Kier alpha value is -1.55. The summed E-state index contributed by atoms with van der Waals surface area (Å²) in [6.45, 7) is 8.20. The molecule has 1 atom stereocenters. The summed E-state index contributed by atoms with van der Waals surface area (Å²) in [6, 6.07) is 10.8. The van der Waals surface area contributed by atoms with E-state index in [4.69, 9.17) is 4.74 Å². The average Bonchev–Trinajstić information content (AvgIpc) is 2.50. The van der Waals surface area contributed by atoms with Gasteiger partial charge >= 0.3 is 6.09 Å². The minimum absolute atomic E-state index is 0.178. The first kappa shape index (κ1) is 17.3. The van der Waals surface area contributed by atoms with E-state index in [0.29, 0.717) is 11.5 Å². The molecule has 1 spiro atoms. The highest BCUT2D eigenvalue weighted by Crippen LogP contribution is 2.49. The lowest BCUT2D eigenvalue weighted by Gasteiger charge is -2.53. The lowest BCUT2D eigenvalue weighted by atomic mass is 9.60. The maximum atomic E-state index is 12.4. The molecule has 0 aromatic heterocycles. The van der Waals surface area contributed by atoms with Gasteiger partial charge in [0, 0.05) is 25.7 Å². The topological polar surface area (TPSA) is 41.6 Å². The third-order valence-electron chi connectivity index (χ3n) is 5.42. The van der Waals surface area contributed by atoms with E-state index in [9.17, 15) is 4.79 Å². The van der Waals surface area contributed by atoms with Crippen LogP contribution in [0.3, 0.4) is 0 Å². The van der Waals surface area contributed by atoms with Crippen LogP contribution >= 0.6 is 0 Å². The molecular formula is C20H30N2O2. The number of rotatable bonds is 3. The monoisotopic (exact) mass is 330 g/mol. The quantitative estimate of drug-likeness (QED) is 0.912. The molecule has 1 aliphatic heterocycles. The van der Waals surface area contributed by atoms with Gasteiger partial charge in [0.1, 0.15) is 5.60 Å². The van der Waals surface area contributed by atoms with E-state index >= 15 is 0 Å². The fourth-order valence-electron chi connectivity index (χ4n) is 3.88. The first-order valence-electron chi connectivity index (χ1n) is 9.13. The SMILES string of the molecule is CC(C)(C)OC(=O)N1CCC2(CCC2)C(NCc2ccccc2)C1. The van der Waals surface area contributed by atoms with Crippen molar-refractivity contribution in [3.05, 3.63) is 35.9 Å². The molecule has 1 heterocycles. The average molecular weight is 330 g/mol. The Morgan fingerprint density at radius 2 is 1.96 bits per heavy atom. The maximum absolute atomic E-state index is 12.4. The molecule has 1 aromatic rings. The molecule has 1 unspecified atom stereocenters. The van der Waals surface area contributed by atoms with Crippen molar-refractivity contribution in [3.8, 4) is 0 Å². The molecule has 2 fully saturated rings. The van der Waals surface area contributed by atoms with Gasteiger partial charge in [-0.1, -0.05) is 36.8 Å². The van der Waals surface area contributed by atoms with Gasteiger partial charge in [-0.3, -0.25) is 0 Å². The molecule has 0 bridgehead atoms. The molecule has 2 aliphatic rings. The highest BCUT2D eigenvalue weighted by Gasteiger charge is 2.48. The van der Waals surface area contributed by atoms with Gasteiger partial charge in [0.2, 0.25) is 0 Å². The van der Waals surface area contributed by atoms with Gasteiger partial charge in [-0.25, -0.2) is 4.79 Å². The molecule has 3 rings (SSSR count). The van der Waals surface area contributed by atoms with Crippen molar-refractivity contribution < 1.29 is 9.53 Å². The van der Waals surface area contributed by atoms with Crippen LogP contribution in [0.4, 0.5) is 4.79 Å². The van der Waals surface area contributed by atoms with E-state index in [-0.39, 0.29) is 6.09 Å². The number of nitrogens with zero attached hydrogens (tertiary/aromatic N) is 1. The number of ether oxygens (including phenoxy) is 1. The van der Waals surface area contributed by atoms with Gasteiger partial charge < -0.3 is 15.0 Å². The molecule has 1 saturated heterocycles. The Kier molecular flexibility index (Phi) is 4.86. The number of piperidine rings is 1. The lowest BCUT2D eigenvalue weighted by molar-refractivity contribution is -0.0251. The second-order valence-electron chi connectivity index (χ2n) is 8.31. The highest BCUT2D eigenvalue weighted by molar-refractivity contribution is 5.68. The number of carbonyl (C=O) groups is 1. The zero-order valence-corrected chi connectivity index (χ0v) is 15.2. The summed E-state index contributed by atoms with van der Waals surface area (Å²) < 4.78 is 5.57. The molecule has 1 amide bonds. The van der Waals surface area contributed by atoms with E-state index in [2.05, 4.69) is 29.6 Å². The van der Waals surface area contributed by atoms with Crippen molar-refractivity contribution in [3.63, 3.8) is 0 Å². The van der Waals surface area contributed by atoms with Crippen molar-refractivity contribution in [2.45, 2.75) is 64.6 Å². The number of hydrogen-bond acceptors (Lipinski definition) is 3. The standard InChI is InChI=1S/C20H30N2O2/c1-19(2,3)24-18(23)22-13-12-20(10-7-11-20)17(15-22)21-14-16-8-5-4-6-9-16/h4-6,8-9,17,21H,7,10-15H2,1-3H3. The first-order chi connectivity index (χ1) is 11.4. The van der Waals surface area contributed by atoms with E-state index in [0.717, 1.165) is 26.1 Å². The van der Waals surface area contributed by atoms with E-state index < -0.39 is 5.60 Å². The smallest absolute Gasteiger partial charge is 0.410 e. The fourth-order valence-corrected chi connectivity index (χ4v) is 3.88. The molecule has 1 N–H and O–H groups in total. The van der Waals surface area contributed by atoms with Crippen LogP contribution < -0.4 is 5.32 Å². The number of amides is 1. The molecule has 132 valence electrons. The van der Waals surface area contributed by atoms with Crippen molar-refractivity contribution in [2.24, 2.45) is 5.41 Å². The number of likely N-dealkylation sites (tertiary alicyclic amines) is 1. The normalized spacial score (nSPS) is 23.0. The zero-order valence-electron chi connectivity index (χ0n) is 15.2. The van der Waals surface area contributed by atoms with Crippen LogP contribution in [0.1, 0.15) is 52.0 Å². The Balaban J connectivity index is 1.63. The van der Waals surface area contributed by atoms with Crippen molar-refractivity contribution in [1.82, 2.24) is 10.2 Å². The maximum Gasteiger partial charge on any atom is 0.410 e. The van der Waals surface area contributed by atoms with Crippen LogP contribution in [0, 0.1) is 5.41 Å². The van der Waals surface area contributed by atoms with Crippen LogP contribution in [-0.2, 0) is 11.3 Å². The molecule has 4 nitrogen and oxygen atoms in total. The van der Waals surface area contributed by atoms with Crippen LogP contribution in [0.25, 0.3) is 0 Å². The summed E-state index contributed by atoms with van der Waals surface area (Å²) >= 11 is 0. The summed E-state index contributed by atoms with van der Waals surface area (Å²) in [5.74, 6) is 0. The first-order valence-corrected chi connectivity index (χ1v) is 9.13. The fraction of sp³-hybridized carbons (Fsp3) is 0.650. The predicted octanol–water partition coefficient (Wildman–Crippen LogP) is 3.96. The molecule has 1 aromatic carbocycles. The Morgan fingerprint density at radius 1 is 1.25 bits per heavy atom. The number of carbonyl (C=O) groups excluding carboxylic acids is 1. The van der Waals surface area contributed by atoms with Crippen molar-refractivity contribution in [2.75, 3.05) is 13.1 Å². The lowest BCUT2D eigenvalue weighted by Crippen LogP contribution is -2.60. The molecular weight excluding hydrogens is 300 g/mol. The third-order valence-corrected chi connectivity index (χ3v) is 5.42. The van der Waals surface area contributed by atoms with Crippen LogP contribution in [0.15, 0.2) is 30.3 Å². The van der Waals surface area contributed by atoms with E-state index in [1.54, 1.807) is 0 Å². The Morgan fingerprint density at radius 3 is 2.54 bits per heavy atom. The molecule has 1 aliphatic carbocycles. The molecule has 24 heavy (non-hydrogen) atoms. The zero-order chi connectivity index (χ0) is 17.2. The Labute approximate surface area is 145 Å². The summed E-state index contributed by atoms with van der Waals surface area (Å²) in [5, 5.41) is 3.73. The number of benzene rings is 1. The van der Waals surface area contributed by atoms with Crippen molar-refractivity contribution in [1.29, 1.82) is 0 Å². The largest absolute Gasteiger partial charge is 0.444 e. The molecule has 0 radical (unpaired) electrons. The summed E-state index contributed by atoms with van der Waals surface area (Å²) in [6.07, 6.45) is 4.78. The Bertz CT molecular complexity index is 561. The predicted molar refractivity (Wildman–Crippen MR) is 95.8 cm³/mol. The summed E-state index contributed by atoms with van der Waals surface area (Å²) in [5.41, 5.74) is 1.24. The minimum atomic E-state index is -0.435. The van der Waals surface area contributed by atoms with Gasteiger partial charge in [0.05, 0.1) is 0 Å². The van der Waals surface area contributed by atoms with Gasteiger partial charge in [-0.05, 0) is 51.0 Å². The van der Waals surface area contributed by atoms with Gasteiger partial charge in [0.15, 0.2) is 0 Å². The van der Waals surface area contributed by atoms with Gasteiger partial charge in [-0.2, -0.15) is 0 Å². The number of nitrogens with one attached hydrogen (secondary N) is 1. The third kappa shape index (κ3) is 3.92. The van der Waals surface area contributed by atoms with Gasteiger partial charge in [-0.15, -0.1) is 0 Å². The summed E-state index contributed by atoms with van der Waals surface area (Å²) in [4.78, 5) is 14.3. The molecule has 1 saturated carbocycles. The van der Waals surface area contributed by atoms with Crippen LogP contribution in [-0.4, -0.2) is 35.7 Å². The summed E-state index contributed by atoms with van der Waals surface area (Å²) in [7, 11) is 0. The minimum Gasteiger partial charge on any atom is -0.444 e. The second kappa shape index (κ2) is 6.75. The highest BCUT2D eigenvalue weighted by atomic mass is 16.6. The van der Waals surface area contributed by atoms with E-state index in [1.165, 1.54) is 24.8 Å².